The molecule has 0 radical (unpaired) electrons. The fourth-order valence-electron chi connectivity index (χ4n) is 3.43. The number of halogens is 1. The highest BCUT2D eigenvalue weighted by Crippen LogP contribution is 2.29. The van der Waals surface area contributed by atoms with E-state index in [1.54, 1.807) is 19.1 Å². The number of ether oxygens (including phenoxy) is 1. The van der Waals surface area contributed by atoms with Crippen molar-refractivity contribution in [3.05, 3.63) is 66.0 Å². The highest BCUT2D eigenvalue weighted by molar-refractivity contribution is 5.84. The van der Waals surface area contributed by atoms with Crippen LogP contribution in [-0.2, 0) is 16.1 Å². The highest BCUT2D eigenvalue weighted by Gasteiger charge is 2.42. The molecule has 0 saturated carbocycles. The number of benzene rings is 2. The van der Waals surface area contributed by atoms with Gasteiger partial charge in [0.15, 0.2) is 0 Å². The van der Waals surface area contributed by atoms with Gasteiger partial charge in [0, 0.05) is 25.3 Å². The second-order valence-electron chi connectivity index (χ2n) is 6.70. The molecular formula is C21H25FN2O2. The number of nitrogens with one attached hydrogen (secondary N) is 1. The average molecular weight is 356 g/mol. The molecule has 0 amide bonds. The fraction of sp³-hybridized carbons (Fsp3) is 0.381. The molecule has 0 spiro atoms. The maximum absolute atomic E-state index is 13.5. The van der Waals surface area contributed by atoms with Crippen LogP contribution in [0.1, 0.15) is 25.3 Å². The third-order valence-electron chi connectivity index (χ3n) is 4.83. The molecule has 26 heavy (non-hydrogen) atoms. The SMILES string of the molecule is CCOC(=O)C1(Nc2cccc(F)c2)CCN(Cc2ccccc2)CC1. The standard InChI is InChI=1S/C21H25FN2O2/c1-2-26-20(25)21(23-19-10-6-9-18(22)15-19)11-13-24(14-12-21)16-17-7-4-3-5-8-17/h3-10,15,23H,2,11-14,16H2,1H3. The van der Waals surface area contributed by atoms with E-state index >= 15 is 0 Å². The molecule has 3 rings (SSSR count). The number of piperidine rings is 1. The van der Waals surface area contributed by atoms with Crippen molar-refractivity contribution in [2.24, 2.45) is 0 Å². The Kier molecular flexibility index (Phi) is 5.89. The lowest BCUT2D eigenvalue weighted by atomic mass is 9.86. The van der Waals surface area contributed by atoms with Crippen LogP contribution in [0.25, 0.3) is 0 Å². The van der Waals surface area contributed by atoms with E-state index in [-0.39, 0.29) is 11.8 Å². The first-order chi connectivity index (χ1) is 12.6. The number of nitrogens with zero attached hydrogens (tertiary/aromatic N) is 1. The van der Waals surface area contributed by atoms with Gasteiger partial charge in [-0.3, -0.25) is 4.90 Å². The summed E-state index contributed by atoms with van der Waals surface area (Å²) >= 11 is 0. The minimum absolute atomic E-state index is 0.261. The van der Waals surface area contributed by atoms with E-state index in [1.165, 1.54) is 17.7 Å². The largest absolute Gasteiger partial charge is 0.464 e. The van der Waals surface area contributed by atoms with Gasteiger partial charge in [0.2, 0.25) is 0 Å². The summed E-state index contributed by atoms with van der Waals surface area (Å²) in [5.74, 6) is -0.584. The summed E-state index contributed by atoms with van der Waals surface area (Å²) in [6.45, 7) is 4.54. The minimum Gasteiger partial charge on any atom is -0.464 e. The Labute approximate surface area is 154 Å². The zero-order valence-electron chi connectivity index (χ0n) is 15.1. The van der Waals surface area contributed by atoms with Gasteiger partial charge in [0.05, 0.1) is 6.61 Å². The van der Waals surface area contributed by atoms with Gasteiger partial charge in [-0.1, -0.05) is 36.4 Å². The monoisotopic (exact) mass is 356 g/mol. The van der Waals surface area contributed by atoms with Crippen molar-refractivity contribution in [1.82, 2.24) is 4.90 Å². The predicted octanol–water partition coefficient (Wildman–Crippen LogP) is 3.84. The van der Waals surface area contributed by atoms with Crippen LogP contribution in [0.4, 0.5) is 10.1 Å². The van der Waals surface area contributed by atoms with Gasteiger partial charge < -0.3 is 10.1 Å². The zero-order valence-corrected chi connectivity index (χ0v) is 15.1. The Morgan fingerprint density at radius 2 is 1.88 bits per heavy atom. The number of carbonyl (C=O) groups excluding carboxylic acids is 1. The van der Waals surface area contributed by atoms with Crippen LogP contribution in [0.15, 0.2) is 54.6 Å². The number of anilines is 1. The molecule has 0 bridgehead atoms. The molecule has 0 aromatic heterocycles. The van der Waals surface area contributed by atoms with E-state index in [0.717, 1.165) is 19.6 Å². The van der Waals surface area contributed by atoms with Gasteiger partial charge in [-0.05, 0) is 43.5 Å². The zero-order chi connectivity index (χ0) is 18.4. The van der Waals surface area contributed by atoms with Gasteiger partial charge >= 0.3 is 5.97 Å². The Balaban J connectivity index is 1.71. The first-order valence-corrected chi connectivity index (χ1v) is 9.08. The number of hydrogen-bond donors (Lipinski definition) is 1. The lowest BCUT2D eigenvalue weighted by molar-refractivity contribution is -0.150. The molecule has 1 N–H and O–H groups in total. The normalized spacial score (nSPS) is 16.8. The summed E-state index contributed by atoms with van der Waals surface area (Å²) in [6, 6.07) is 16.5. The number of carbonyl (C=O) groups is 1. The molecule has 1 aliphatic heterocycles. The van der Waals surface area contributed by atoms with Crippen molar-refractivity contribution in [3.63, 3.8) is 0 Å². The molecule has 4 nitrogen and oxygen atoms in total. The first-order valence-electron chi connectivity index (χ1n) is 9.08. The average Bonchev–Trinajstić information content (AvgIpc) is 2.64. The maximum Gasteiger partial charge on any atom is 0.331 e. The van der Waals surface area contributed by atoms with Crippen molar-refractivity contribution in [1.29, 1.82) is 0 Å². The van der Waals surface area contributed by atoms with Gasteiger partial charge in [-0.2, -0.15) is 0 Å². The second-order valence-corrected chi connectivity index (χ2v) is 6.70. The van der Waals surface area contributed by atoms with Crippen molar-refractivity contribution in [2.45, 2.75) is 31.8 Å². The molecule has 138 valence electrons. The van der Waals surface area contributed by atoms with E-state index in [2.05, 4.69) is 22.3 Å². The topological polar surface area (TPSA) is 41.6 Å². The van der Waals surface area contributed by atoms with Crippen molar-refractivity contribution >= 4 is 11.7 Å². The van der Waals surface area contributed by atoms with Crippen LogP contribution >= 0.6 is 0 Å². The van der Waals surface area contributed by atoms with Gasteiger partial charge in [-0.15, -0.1) is 0 Å². The third kappa shape index (κ3) is 4.41. The van der Waals surface area contributed by atoms with Crippen LogP contribution in [0.2, 0.25) is 0 Å². The van der Waals surface area contributed by atoms with Crippen LogP contribution in [0.3, 0.4) is 0 Å². The maximum atomic E-state index is 13.5. The lowest BCUT2D eigenvalue weighted by Gasteiger charge is -2.41. The number of rotatable bonds is 6. The van der Waals surface area contributed by atoms with E-state index in [1.807, 2.05) is 18.2 Å². The summed E-state index contributed by atoms with van der Waals surface area (Å²) in [4.78, 5) is 15.0. The fourth-order valence-corrected chi connectivity index (χ4v) is 3.43. The molecule has 1 saturated heterocycles. The molecule has 1 fully saturated rings. The summed E-state index contributed by atoms with van der Waals surface area (Å²) in [5, 5.41) is 3.26. The van der Waals surface area contributed by atoms with Crippen molar-refractivity contribution in [2.75, 3.05) is 25.0 Å². The summed E-state index contributed by atoms with van der Waals surface area (Å²) in [6.07, 6.45) is 1.24. The van der Waals surface area contributed by atoms with E-state index in [9.17, 15) is 9.18 Å². The highest BCUT2D eigenvalue weighted by atomic mass is 19.1. The summed E-state index contributed by atoms with van der Waals surface area (Å²) in [7, 11) is 0. The summed E-state index contributed by atoms with van der Waals surface area (Å²) < 4.78 is 18.9. The number of likely N-dealkylation sites (tertiary alicyclic amines) is 1. The molecule has 0 atom stereocenters. The second kappa shape index (κ2) is 8.32. The van der Waals surface area contributed by atoms with Crippen LogP contribution < -0.4 is 5.32 Å². The van der Waals surface area contributed by atoms with Crippen molar-refractivity contribution < 1.29 is 13.9 Å². The minimum atomic E-state index is -0.809. The quantitative estimate of drug-likeness (QED) is 0.799. The molecule has 2 aromatic rings. The molecule has 5 heteroatoms. The molecule has 0 unspecified atom stereocenters. The van der Waals surface area contributed by atoms with Crippen molar-refractivity contribution in [3.8, 4) is 0 Å². The van der Waals surface area contributed by atoms with E-state index in [0.29, 0.717) is 25.1 Å². The lowest BCUT2D eigenvalue weighted by Crippen LogP contribution is -2.55. The Morgan fingerprint density at radius 3 is 2.54 bits per heavy atom. The van der Waals surface area contributed by atoms with Gasteiger partial charge in [-0.25, -0.2) is 9.18 Å². The Bertz CT molecular complexity index is 728. The van der Waals surface area contributed by atoms with Crippen LogP contribution in [0, 0.1) is 5.82 Å². The van der Waals surface area contributed by atoms with E-state index < -0.39 is 5.54 Å². The Hall–Kier alpha value is -2.40. The van der Waals surface area contributed by atoms with E-state index in [4.69, 9.17) is 4.74 Å². The first kappa shape index (κ1) is 18.4. The van der Waals surface area contributed by atoms with Crippen LogP contribution in [-0.4, -0.2) is 36.1 Å². The van der Waals surface area contributed by atoms with Crippen LogP contribution in [0.5, 0.6) is 0 Å². The molecular weight excluding hydrogens is 331 g/mol. The molecule has 1 heterocycles. The molecule has 1 aliphatic rings. The number of esters is 1. The molecule has 2 aromatic carbocycles. The molecule has 0 aliphatic carbocycles. The number of hydrogen-bond acceptors (Lipinski definition) is 4. The predicted molar refractivity (Wildman–Crippen MR) is 100 cm³/mol. The third-order valence-corrected chi connectivity index (χ3v) is 4.83. The smallest absolute Gasteiger partial charge is 0.331 e. The van der Waals surface area contributed by atoms with Gasteiger partial charge in [0.1, 0.15) is 11.4 Å². The van der Waals surface area contributed by atoms with Gasteiger partial charge in [0.25, 0.3) is 0 Å². The summed E-state index contributed by atoms with van der Waals surface area (Å²) in [5.41, 5.74) is 1.06. The Morgan fingerprint density at radius 1 is 1.15 bits per heavy atom.